The van der Waals surface area contributed by atoms with E-state index in [-0.39, 0.29) is 18.5 Å². The minimum atomic E-state index is -0.0750. The molecule has 2 heterocycles. The summed E-state index contributed by atoms with van der Waals surface area (Å²) in [5.41, 5.74) is 5.47. The number of nitrogens with zero attached hydrogens (tertiary/aromatic N) is 2. The zero-order valence-corrected chi connectivity index (χ0v) is 10.3. The van der Waals surface area contributed by atoms with Crippen LogP contribution in [0, 0.1) is 0 Å². The largest absolute Gasteiger partial charge is 0.382 e. The van der Waals surface area contributed by atoms with Crippen LogP contribution in [0.3, 0.4) is 0 Å². The Morgan fingerprint density at radius 3 is 3.06 bits per heavy atom. The molecule has 1 atom stereocenters. The van der Waals surface area contributed by atoms with Gasteiger partial charge in [-0.15, -0.1) is 11.3 Å². The van der Waals surface area contributed by atoms with E-state index in [4.69, 9.17) is 5.73 Å². The Labute approximate surface area is 103 Å². The highest BCUT2D eigenvalue weighted by atomic mass is 32.1. The van der Waals surface area contributed by atoms with Gasteiger partial charge in [-0.1, -0.05) is 6.07 Å². The van der Waals surface area contributed by atoms with Crippen molar-refractivity contribution in [2.24, 2.45) is 0 Å². The van der Waals surface area contributed by atoms with Gasteiger partial charge in [-0.2, -0.15) is 5.10 Å². The number of anilines is 1. The summed E-state index contributed by atoms with van der Waals surface area (Å²) >= 11 is 1.63. The number of hydrogen-bond acceptors (Lipinski definition) is 4. The van der Waals surface area contributed by atoms with Gasteiger partial charge in [-0.05, 0) is 24.4 Å². The number of nitrogens with one attached hydrogen (secondary N) is 1. The lowest BCUT2D eigenvalue weighted by molar-refractivity contribution is -0.122. The van der Waals surface area contributed by atoms with Gasteiger partial charge in [-0.25, -0.2) is 0 Å². The fraction of sp³-hybridized carbons (Fsp3) is 0.273. The Kier molecular flexibility index (Phi) is 3.43. The molecule has 0 aliphatic carbocycles. The van der Waals surface area contributed by atoms with Gasteiger partial charge in [0.2, 0.25) is 5.91 Å². The Bertz CT molecular complexity index is 491. The lowest BCUT2D eigenvalue weighted by Gasteiger charge is -2.11. The Morgan fingerprint density at radius 1 is 1.65 bits per heavy atom. The van der Waals surface area contributed by atoms with Crippen molar-refractivity contribution in [3.8, 4) is 0 Å². The van der Waals surface area contributed by atoms with Crippen molar-refractivity contribution in [1.82, 2.24) is 15.1 Å². The van der Waals surface area contributed by atoms with Crippen molar-refractivity contribution in [2.45, 2.75) is 19.5 Å². The monoisotopic (exact) mass is 250 g/mol. The molecule has 1 unspecified atom stereocenters. The van der Waals surface area contributed by atoms with Crippen LogP contribution in [0.15, 0.2) is 29.8 Å². The molecule has 0 aromatic carbocycles. The lowest BCUT2D eigenvalue weighted by Crippen LogP contribution is -2.29. The van der Waals surface area contributed by atoms with Crippen molar-refractivity contribution in [2.75, 3.05) is 5.73 Å². The molecular weight excluding hydrogens is 236 g/mol. The molecule has 17 heavy (non-hydrogen) atoms. The molecule has 2 rings (SSSR count). The number of hydrogen-bond donors (Lipinski definition) is 2. The molecule has 0 bridgehead atoms. The summed E-state index contributed by atoms with van der Waals surface area (Å²) in [6.45, 7) is 2.15. The van der Waals surface area contributed by atoms with Crippen molar-refractivity contribution in [3.05, 3.63) is 34.7 Å². The summed E-state index contributed by atoms with van der Waals surface area (Å²) in [7, 11) is 0. The molecule has 0 spiro atoms. The van der Waals surface area contributed by atoms with Gasteiger partial charge in [-0.3, -0.25) is 9.48 Å². The zero-order chi connectivity index (χ0) is 12.3. The first-order chi connectivity index (χ1) is 8.15. The van der Waals surface area contributed by atoms with Gasteiger partial charge >= 0.3 is 0 Å². The average molecular weight is 250 g/mol. The number of rotatable bonds is 4. The molecule has 0 saturated carbocycles. The molecule has 2 aromatic rings. The second kappa shape index (κ2) is 5.01. The molecule has 1 amide bonds. The van der Waals surface area contributed by atoms with Crippen LogP contribution in [0.1, 0.15) is 17.8 Å². The maximum Gasteiger partial charge on any atom is 0.242 e. The summed E-state index contributed by atoms with van der Waals surface area (Å²) in [6.07, 6.45) is 1.69. The van der Waals surface area contributed by atoms with Crippen LogP contribution in [0.25, 0.3) is 0 Å². The van der Waals surface area contributed by atoms with E-state index in [1.165, 1.54) is 4.68 Å². The topological polar surface area (TPSA) is 72.9 Å². The molecule has 0 fully saturated rings. The van der Waals surface area contributed by atoms with Crippen LogP contribution >= 0.6 is 11.3 Å². The third kappa shape index (κ3) is 3.07. The number of thiophene rings is 1. The number of amides is 1. The molecule has 5 nitrogen and oxygen atoms in total. The number of carbonyl (C=O) groups is 1. The number of nitrogen functional groups attached to an aromatic ring is 1. The normalized spacial score (nSPS) is 12.3. The summed E-state index contributed by atoms with van der Waals surface area (Å²) in [5, 5.41) is 8.86. The van der Waals surface area contributed by atoms with Crippen LogP contribution in [-0.4, -0.2) is 15.7 Å². The SMILES string of the molecule is CC(NC(=O)Cn1ccc(N)n1)c1cccs1. The molecule has 0 aliphatic heterocycles. The van der Waals surface area contributed by atoms with Crippen LogP contribution in [0.5, 0.6) is 0 Å². The quantitative estimate of drug-likeness (QED) is 0.861. The predicted octanol–water partition coefficient (Wildman–Crippen LogP) is 1.40. The second-order valence-corrected chi connectivity index (χ2v) is 4.72. The fourth-order valence-electron chi connectivity index (χ4n) is 1.51. The van der Waals surface area contributed by atoms with E-state index >= 15 is 0 Å². The van der Waals surface area contributed by atoms with E-state index in [0.29, 0.717) is 5.82 Å². The van der Waals surface area contributed by atoms with Gasteiger partial charge in [0.05, 0.1) is 6.04 Å². The highest BCUT2D eigenvalue weighted by molar-refractivity contribution is 7.10. The molecule has 6 heteroatoms. The first kappa shape index (κ1) is 11.7. The smallest absolute Gasteiger partial charge is 0.242 e. The standard InChI is InChI=1S/C11H14N4OS/c1-8(9-3-2-6-17-9)13-11(16)7-15-5-4-10(12)14-15/h2-6,8H,7H2,1H3,(H2,12,14)(H,13,16). The van der Waals surface area contributed by atoms with E-state index in [9.17, 15) is 4.79 Å². The first-order valence-electron chi connectivity index (χ1n) is 5.27. The van der Waals surface area contributed by atoms with Gasteiger partial charge in [0, 0.05) is 11.1 Å². The third-order valence-electron chi connectivity index (χ3n) is 2.31. The van der Waals surface area contributed by atoms with Crippen LogP contribution < -0.4 is 11.1 Å². The average Bonchev–Trinajstić information content (AvgIpc) is 2.89. The minimum absolute atomic E-state index is 0.0235. The second-order valence-electron chi connectivity index (χ2n) is 3.74. The van der Waals surface area contributed by atoms with Crippen LogP contribution in [0.4, 0.5) is 5.82 Å². The maximum absolute atomic E-state index is 11.7. The predicted molar refractivity (Wildman–Crippen MR) is 67.5 cm³/mol. The van der Waals surface area contributed by atoms with E-state index in [1.54, 1.807) is 23.6 Å². The maximum atomic E-state index is 11.7. The molecule has 90 valence electrons. The summed E-state index contributed by atoms with van der Waals surface area (Å²) in [5.74, 6) is 0.345. The molecule has 0 radical (unpaired) electrons. The van der Waals surface area contributed by atoms with Gasteiger partial charge in [0.15, 0.2) is 0 Å². The number of carbonyl (C=O) groups excluding carboxylic acids is 1. The highest BCUT2D eigenvalue weighted by Crippen LogP contribution is 2.17. The van der Waals surface area contributed by atoms with Crippen molar-refractivity contribution >= 4 is 23.1 Å². The van der Waals surface area contributed by atoms with E-state index in [0.717, 1.165) is 4.88 Å². The van der Waals surface area contributed by atoms with E-state index < -0.39 is 0 Å². The minimum Gasteiger partial charge on any atom is -0.382 e. The highest BCUT2D eigenvalue weighted by Gasteiger charge is 2.10. The Hall–Kier alpha value is -1.82. The lowest BCUT2D eigenvalue weighted by atomic mass is 10.3. The summed E-state index contributed by atoms with van der Waals surface area (Å²) in [6, 6.07) is 5.66. The van der Waals surface area contributed by atoms with Crippen LogP contribution in [-0.2, 0) is 11.3 Å². The molecular formula is C11H14N4OS. The third-order valence-corrected chi connectivity index (χ3v) is 3.37. The van der Waals surface area contributed by atoms with Crippen molar-refractivity contribution < 1.29 is 4.79 Å². The van der Waals surface area contributed by atoms with Crippen molar-refractivity contribution in [3.63, 3.8) is 0 Å². The fourth-order valence-corrected chi connectivity index (χ4v) is 2.24. The van der Waals surface area contributed by atoms with Crippen LogP contribution in [0.2, 0.25) is 0 Å². The Balaban J connectivity index is 1.89. The van der Waals surface area contributed by atoms with E-state index in [2.05, 4.69) is 10.4 Å². The zero-order valence-electron chi connectivity index (χ0n) is 9.46. The van der Waals surface area contributed by atoms with Gasteiger partial charge in [0.25, 0.3) is 0 Å². The van der Waals surface area contributed by atoms with Gasteiger partial charge < -0.3 is 11.1 Å². The molecule has 0 aliphatic rings. The summed E-state index contributed by atoms with van der Waals surface area (Å²) < 4.78 is 1.52. The molecule has 3 N–H and O–H groups in total. The molecule has 2 aromatic heterocycles. The molecule has 0 saturated heterocycles. The number of aromatic nitrogens is 2. The summed E-state index contributed by atoms with van der Waals surface area (Å²) in [4.78, 5) is 12.9. The van der Waals surface area contributed by atoms with E-state index in [1.807, 2.05) is 24.4 Å². The number of nitrogens with two attached hydrogens (primary N) is 1. The van der Waals surface area contributed by atoms with Gasteiger partial charge in [0.1, 0.15) is 12.4 Å². The van der Waals surface area contributed by atoms with Crippen molar-refractivity contribution in [1.29, 1.82) is 0 Å². The first-order valence-corrected chi connectivity index (χ1v) is 6.15. The Morgan fingerprint density at radius 2 is 2.47 bits per heavy atom.